The molecular formula is C35H29N2S+. The molecule has 0 bridgehead atoms. The average Bonchev–Trinajstić information content (AvgIpc) is 3.65. The van der Waals surface area contributed by atoms with Gasteiger partial charge in [0.15, 0.2) is 0 Å². The predicted octanol–water partition coefficient (Wildman–Crippen LogP) is 9.15. The Hall–Kier alpha value is -3.79. The molecule has 0 saturated heterocycles. The van der Waals surface area contributed by atoms with Gasteiger partial charge in [0, 0.05) is 43.1 Å². The maximum atomic E-state index is 4.78. The van der Waals surface area contributed by atoms with Crippen LogP contribution < -0.4 is 0 Å². The number of pyridine rings is 1. The minimum Gasteiger partial charge on any atom is -0.264 e. The first kappa shape index (κ1) is 22.2. The highest BCUT2D eigenvalue weighted by Gasteiger charge is 2.48. The zero-order valence-corrected chi connectivity index (χ0v) is 22.5. The summed E-state index contributed by atoms with van der Waals surface area (Å²) in [4.78, 5) is 4.78. The molecule has 3 heteroatoms. The number of aromatic nitrogens is 1. The summed E-state index contributed by atoms with van der Waals surface area (Å²) < 4.78 is 3.57. The molecule has 4 atom stereocenters. The Morgan fingerprint density at radius 1 is 0.816 bits per heavy atom. The van der Waals surface area contributed by atoms with E-state index in [0.29, 0.717) is 17.9 Å². The zero-order chi connectivity index (χ0) is 25.4. The molecule has 1 fully saturated rings. The SMILES string of the molecule is Cc1ccc(-c2ccccc2C2CC2C2=C[N+]3(C)C=CC=CC3c3cc4c(cc32)sc2ccccc24)nc1. The fourth-order valence-corrected chi connectivity index (χ4v) is 7.85. The van der Waals surface area contributed by atoms with Gasteiger partial charge in [-0.25, -0.2) is 0 Å². The van der Waals surface area contributed by atoms with E-state index in [1.807, 2.05) is 17.5 Å². The second-order valence-corrected chi connectivity index (χ2v) is 12.4. The van der Waals surface area contributed by atoms with Gasteiger partial charge in [-0.1, -0.05) is 54.6 Å². The first-order valence-electron chi connectivity index (χ1n) is 13.5. The van der Waals surface area contributed by atoms with Crippen molar-refractivity contribution in [1.82, 2.24) is 4.98 Å². The summed E-state index contributed by atoms with van der Waals surface area (Å²) in [7, 11) is 2.35. The van der Waals surface area contributed by atoms with Crippen LogP contribution in [0.2, 0.25) is 0 Å². The number of likely N-dealkylation sites (N-methyl/N-ethyl adjacent to an activating group) is 1. The molecule has 2 aromatic heterocycles. The van der Waals surface area contributed by atoms with E-state index in [2.05, 4.69) is 117 Å². The van der Waals surface area contributed by atoms with E-state index in [9.17, 15) is 0 Å². The Bertz CT molecular complexity index is 1840. The van der Waals surface area contributed by atoms with Crippen LogP contribution >= 0.6 is 11.3 Å². The van der Waals surface area contributed by atoms with E-state index in [4.69, 9.17) is 4.98 Å². The lowest BCUT2D eigenvalue weighted by Crippen LogP contribution is -2.40. The maximum Gasteiger partial charge on any atom is 0.143 e. The number of hydrogen-bond donors (Lipinski definition) is 0. The quantitative estimate of drug-likeness (QED) is 0.221. The summed E-state index contributed by atoms with van der Waals surface area (Å²) in [6.45, 7) is 2.10. The van der Waals surface area contributed by atoms with Gasteiger partial charge in [-0.2, -0.15) is 0 Å². The second-order valence-electron chi connectivity index (χ2n) is 11.3. The maximum absolute atomic E-state index is 4.78. The number of aryl methyl sites for hydroxylation is 1. The first-order valence-corrected chi connectivity index (χ1v) is 14.3. The molecule has 8 rings (SSSR count). The molecule has 3 aliphatic rings. The molecule has 1 aliphatic carbocycles. The van der Waals surface area contributed by atoms with Crippen LogP contribution in [0.25, 0.3) is 37.0 Å². The molecule has 0 N–H and O–H groups in total. The van der Waals surface area contributed by atoms with Crippen LogP contribution in [0.5, 0.6) is 0 Å². The second kappa shape index (κ2) is 8.10. The summed E-state index contributed by atoms with van der Waals surface area (Å²) in [5, 5.41) is 2.77. The smallest absolute Gasteiger partial charge is 0.143 e. The number of quaternary nitrogens is 1. The highest BCUT2D eigenvalue weighted by Crippen LogP contribution is 2.59. The van der Waals surface area contributed by atoms with Crippen LogP contribution in [0.3, 0.4) is 0 Å². The largest absolute Gasteiger partial charge is 0.264 e. The third kappa shape index (κ3) is 3.32. The van der Waals surface area contributed by atoms with Gasteiger partial charge in [0.25, 0.3) is 0 Å². The molecule has 0 amide bonds. The van der Waals surface area contributed by atoms with Crippen molar-refractivity contribution in [1.29, 1.82) is 0 Å². The van der Waals surface area contributed by atoms with E-state index >= 15 is 0 Å². The van der Waals surface area contributed by atoms with E-state index in [-0.39, 0.29) is 0 Å². The molecular weight excluding hydrogens is 480 g/mol. The van der Waals surface area contributed by atoms with Crippen molar-refractivity contribution >= 4 is 37.1 Å². The highest BCUT2D eigenvalue weighted by atomic mass is 32.1. The number of thiophene rings is 1. The van der Waals surface area contributed by atoms with Crippen LogP contribution in [0.4, 0.5) is 0 Å². The van der Waals surface area contributed by atoms with Crippen LogP contribution in [0, 0.1) is 12.8 Å². The van der Waals surface area contributed by atoms with Gasteiger partial charge >= 0.3 is 0 Å². The Labute approximate surface area is 227 Å². The third-order valence-corrected chi connectivity index (χ3v) is 9.88. The normalized spacial score (nSPS) is 25.3. The number of allylic oxidation sites excluding steroid dienone is 3. The van der Waals surface area contributed by atoms with Crippen molar-refractivity contribution in [2.24, 2.45) is 5.92 Å². The number of nitrogens with zero attached hydrogens (tertiary/aromatic N) is 2. The molecule has 38 heavy (non-hydrogen) atoms. The summed E-state index contributed by atoms with van der Waals surface area (Å²) >= 11 is 1.92. The number of hydrogen-bond acceptors (Lipinski definition) is 2. The predicted molar refractivity (Wildman–Crippen MR) is 160 cm³/mol. The number of benzene rings is 3. The summed E-state index contributed by atoms with van der Waals surface area (Å²) in [6, 6.07) is 27.4. The summed E-state index contributed by atoms with van der Waals surface area (Å²) in [5.41, 5.74) is 9.39. The Kier molecular flexibility index (Phi) is 4.74. The van der Waals surface area contributed by atoms with E-state index < -0.39 is 0 Å². The standard InChI is InChI=1S/C35H29N2S/c1-22-14-15-32(36-20-22)24-10-4-3-9-23(24)26-17-27(26)31-21-37(2)16-8-7-12-33(37)29-18-30-25-11-5-6-13-34(25)38-35(30)19-28(29)31/h3-16,18-21,26-27,33H,17H2,1-2H3/q+1. The minimum absolute atomic E-state index is 0.308. The molecule has 3 aromatic carbocycles. The highest BCUT2D eigenvalue weighted by molar-refractivity contribution is 7.25. The molecule has 1 saturated carbocycles. The first-order chi connectivity index (χ1) is 18.6. The van der Waals surface area contributed by atoms with Crippen molar-refractivity contribution in [2.45, 2.75) is 25.3 Å². The van der Waals surface area contributed by atoms with Gasteiger partial charge in [-0.15, -0.1) is 11.3 Å². The van der Waals surface area contributed by atoms with Crippen molar-refractivity contribution in [2.75, 3.05) is 7.05 Å². The van der Waals surface area contributed by atoms with Crippen molar-refractivity contribution in [3.8, 4) is 11.3 Å². The number of fused-ring (bicyclic) bond motifs is 6. The summed E-state index contributed by atoms with van der Waals surface area (Å²) in [5.74, 6) is 1.03. The van der Waals surface area contributed by atoms with Crippen molar-refractivity contribution < 1.29 is 4.48 Å². The van der Waals surface area contributed by atoms with Crippen molar-refractivity contribution in [3.05, 3.63) is 132 Å². The topological polar surface area (TPSA) is 12.9 Å². The summed E-state index contributed by atoms with van der Waals surface area (Å²) in [6.07, 6.45) is 14.9. The lowest BCUT2D eigenvalue weighted by Gasteiger charge is -2.40. The van der Waals surface area contributed by atoms with Crippen molar-refractivity contribution in [3.63, 3.8) is 0 Å². The van der Waals surface area contributed by atoms with Crippen LogP contribution in [0.1, 0.15) is 40.6 Å². The Balaban J connectivity index is 1.27. The zero-order valence-electron chi connectivity index (χ0n) is 21.6. The van der Waals surface area contributed by atoms with Gasteiger partial charge in [-0.3, -0.25) is 9.47 Å². The molecule has 184 valence electrons. The molecule has 2 nitrogen and oxygen atoms in total. The molecule has 0 spiro atoms. The minimum atomic E-state index is 0.308. The van der Waals surface area contributed by atoms with Gasteiger partial charge in [-0.05, 0) is 78.3 Å². The average molecular weight is 510 g/mol. The molecule has 2 aliphatic heterocycles. The van der Waals surface area contributed by atoms with E-state index in [1.165, 1.54) is 60.0 Å². The Morgan fingerprint density at radius 3 is 2.58 bits per heavy atom. The van der Waals surface area contributed by atoms with E-state index in [0.717, 1.165) is 10.2 Å². The van der Waals surface area contributed by atoms with Crippen LogP contribution in [0.15, 0.2) is 110 Å². The molecule has 4 heterocycles. The lowest BCUT2D eigenvalue weighted by atomic mass is 9.84. The van der Waals surface area contributed by atoms with Crippen LogP contribution in [-0.2, 0) is 0 Å². The van der Waals surface area contributed by atoms with Gasteiger partial charge in [0.05, 0.1) is 12.7 Å². The molecule has 4 unspecified atom stereocenters. The third-order valence-electron chi connectivity index (χ3n) is 8.74. The fourth-order valence-electron chi connectivity index (χ4n) is 6.72. The van der Waals surface area contributed by atoms with Gasteiger partial charge in [0.2, 0.25) is 0 Å². The van der Waals surface area contributed by atoms with Gasteiger partial charge < -0.3 is 0 Å². The monoisotopic (exact) mass is 509 g/mol. The lowest BCUT2D eigenvalue weighted by molar-refractivity contribution is -0.834. The Morgan fingerprint density at radius 2 is 1.68 bits per heavy atom. The molecule has 0 radical (unpaired) electrons. The van der Waals surface area contributed by atoms with Gasteiger partial charge in [0.1, 0.15) is 18.4 Å². The van der Waals surface area contributed by atoms with E-state index in [1.54, 1.807) is 0 Å². The van der Waals surface area contributed by atoms with Crippen LogP contribution in [-0.4, -0.2) is 16.5 Å². The molecule has 5 aromatic rings. The number of rotatable bonds is 3. The fraction of sp³-hybridized carbons (Fsp3) is 0.171.